The summed E-state index contributed by atoms with van der Waals surface area (Å²) < 4.78 is 4.96. The van der Waals surface area contributed by atoms with Crippen molar-refractivity contribution < 1.29 is 9.84 Å². The van der Waals surface area contributed by atoms with E-state index in [0.29, 0.717) is 23.5 Å². The van der Waals surface area contributed by atoms with Gasteiger partial charge in [0.05, 0.1) is 12.7 Å². The Bertz CT molecular complexity index is 287. The number of aliphatic hydroxyl groups excluding tert-OH is 1. The van der Waals surface area contributed by atoms with Gasteiger partial charge in [0.1, 0.15) is 0 Å². The lowest BCUT2D eigenvalue weighted by Crippen LogP contribution is -2.50. The number of fused-ring (bicyclic) bond motifs is 2. The normalized spacial score (nSPS) is 39.2. The Labute approximate surface area is 111 Å². The van der Waals surface area contributed by atoms with Gasteiger partial charge in [0.2, 0.25) is 0 Å². The number of ether oxygens (including phenoxy) is 1. The summed E-state index contributed by atoms with van der Waals surface area (Å²) in [6.07, 6.45) is 4.57. The fourth-order valence-electron chi connectivity index (χ4n) is 4.48. The summed E-state index contributed by atoms with van der Waals surface area (Å²) in [7, 11) is 1.64. The third-order valence-electron chi connectivity index (χ3n) is 5.45. The third kappa shape index (κ3) is 2.45. The highest BCUT2D eigenvalue weighted by atomic mass is 16.5. The van der Waals surface area contributed by atoms with Crippen molar-refractivity contribution in [2.24, 2.45) is 16.7 Å². The zero-order valence-corrected chi connectivity index (χ0v) is 12.3. The van der Waals surface area contributed by atoms with Crippen LogP contribution in [0.2, 0.25) is 0 Å². The smallest absolute Gasteiger partial charge is 0.0785 e. The zero-order chi connectivity index (χ0) is 13.4. The highest BCUT2D eigenvalue weighted by Crippen LogP contribution is 2.62. The molecule has 0 aromatic heterocycles. The van der Waals surface area contributed by atoms with Crippen molar-refractivity contribution in [2.45, 2.75) is 58.6 Å². The van der Waals surface area contributed by atoms with Gasteiger partial charge in [-0.1, -0.05) is 20.8 Å². The van der Waals surface area contributed by atoms with Gasteiger partial charge in [-0.3, -0.25) is 0 Å². The van der Waals surface area contributed by atoms with Gasteiger partial charge in [0.15, 0.2) is 0 Å². The molecule has 0 spiro atoms. The molecule has 0 aliphatic heterocycles. The van der Waals surface area contributed by atoms with Crippen LogP contribution in [0.3, 0.4) is 0 Å². The van der Waals surface area contributed by atoms with Crippen LogP contribution in [0, 0.1) is 16.7 Å². The minimum Gasteiger partial charge on any atom is -0.391 e. The van der Waals surface area contributed by atoms with Crippen LogP contribution in [-0.4, -0.2) is 37.5 Å². The molecule has 3 nitrogen and oxygen atoms in total. The van der Waals surface area contributed by atoms with E-state index in [9.17, 15) is 5.11 Å². The first-order valence-electron chi connectivity index (χ1n) is 7.30. The molecule has 0 aromatic rings. The van der Waals surface area contributed by atoms with Gasteiger partial charge < -0.3 is 15.2 Å². The summed E-state index contributed by atoms with van der Waals surface area (Å²) in [6.45, 7) is 8.58. The number of rotatable bonds is 6. The molecule has 4 atom stereocenters. The predicted octanol–water partition coefficient (Wildman–Crippen LogP) is 2.19. The summed E-state index contributed by atoms with van der Waals surface area (Å²) in [5, 5.41) is 13.4. The van der Waals surface area contributed by atoms with Gasteiger partial charge in [-0.25, -0.2) is 0 Å². The second-order valence-electron chi connectivity index (χ2n) is 7.20. The Hall–Kier alpha value is -0.120. The maximum absolute atomic E-state index is 9.68. The summed E-state index contributed by atoms with van der Waals surface area (Å²) >= 11 is 0. The number of hydrogen-bond donors (Lipinski definition) is 2. The standard InChI is InChI=1S/C15H29NO2/c1-14(2)11-5-7-15(3,9-11)13(14)16-8-6-12(17)10-18-4/h11-13,16-17H,5-10H2,1-4H3/t11-,12?,13?,15+/m0/s1. The van der Waals surface area contributed by atoms with Crippen molar-refractivity contribution in [1.29, 1.82) is 0 Å². The lowest BCUT2D eigenvalue weighted by Gasteiger charge is -2.43. The molecular weight excluding hydrogens is 226 g/mol. The van der Waals surface area contributed by atoms with E-state index in [4.69, 9.17) is 4.74 Å². The lowest BCUT2D eigenvalue weighted by molar-refractivity contribution is 0.0534. The highest BCUT2D eigenvalue weighted by molar-refractivity contribution is 5.11. The van der Waals surface area contributed by atoms with E-state index in [1.165, 1.54) is 19.3 Å². The van der Waals surface area contributed by atoms with Gasteiger partial charge in [0.25, 0.3) is 0 Å². The Morgan fingerprint density at radius 1 is 1.39 bits per heavy atom. The summed E-state index contributed by atoms with van der Waals surface area (Å²) in [5.74, 6) is 0.879. The summed E-state index contributed by atoms with van der Waals surface area (Å²) in [5.41, 5.74) is 0.875. The molecule has 0 aromatic carbocycles. The average Bonchev–Trinajstić information content (AvgIpc) is 2.75. The maximum atomic E-state index is 9.68. The Balaban J connectivity index is 1.85. The molecule has 0 radical (unpaired) electrons. The molecule has 0 saturated heterocycles. The first-order valence-corrected chi connectivity index (χ1v) is 7.30. The van der Waals surface area contributed by atoms with Gasteiger partial charge in [-0.15, -0.1) is 0 Å². The van der Waals surface area contributed by atoms with Crippen LogP contribution in [0.1, 0.15) is 46.5 Å². The van der Waals surface area contributed by atoms with Crippen LogP contribution in [0.4, 0.5) is 0 Å². The van der Waals surface area contributed by atoms with Crippen molar-refractivity contribution in [2.75, 3.05) is 20.3 Å². The second-order valence-corrected chi connectivity index (χ2v) is 7.20. The SMILES string of the molecule is COCC(O)CCNC1C(C)(C)[C@H]2CC[C@]1(C)C2. The number of hydrogen-bond acceptors (Lipinski definition) is 3. The van der Waals surface area contributed by atoms with Gasteiger partial charge in [-0.2, -0.15) is 0 Å². The third-order valence-corrected chi connectivity index (χ3v) is 5.45. The fraction of sp³-hybridized carbons (Fsp3) is 1.00. The van der Waals surface area contributed by atoms with E-state index in [1.807, 2.05) is 0 Å². The van der Waals surface area contributed by atoms with Crippen molar-refractivity contribution in [1.82, 2.24) is 5.32 Å². The molecule has 0 amide bonds. The van der Waals surface area contributed by atoms with Gasteiger partial charge in [0, 0.05) is 13.2 Å². The molecule has 2 saturated carbocycles. The molecule has 2 fully saturated rings. The van der Waals surface area contributed by atoms with Crippen LogP contribution in [0.5, 0.6) is 0 Å². The predicted molar refractivity (Wildman–Crippen MR) is 73.5 cm³/mol. The second kappa shape index (κ2) is 5.10. The Kier molecular flexibility index (Phi) is 4.05. The molecule has 2 bridgehead atoms. The molecule has 18 heavy (non-hydrogen) atoms. The van der Waals surface area contributed by atoms with Crippen molar-refractivity contribution in [3.8, 4) is 0 Å². The molecule has 3 heteroatoms. The summed E-state index contributed by atoms with van der Waals surface area (Å²) in [6, 6.07) is 0.596. The van der Waals surface area contributed by atoms with Gasteiger partial charge >= 0.3 is 0 Å². The van der Waals surface area contributed by atoms with Crippen LogP contribution in [-0.2, 0) is 4.74 Å². The quantitative estimate of drug-likeness (QED) is 0.764. The number of methoxy groups -OCH3 is 1. The van der Waals surface area contributed by atoms with E-state index >= 15 is 0 Å². The van der Waals surface area contributed by atoms with Crippen LogP contribution in [0.25, 0.3) is 0 Å². The highest BCUT2D eigenvalue weighted by Gasteiger charge is 2.58. The minimum absolute atomic E-state index is 0.336. The molecular formula is C15H29NO2. The number of aliphatic hydroxyl groups is 1. The molecule has 106 valence electrons. The molecule has 2 unspecified atom stereocenters. The molecule has 2 N–H and O–H groups in total. The fourth-order valence-corrected chi connectivity index (χ4v) is 4.48. The van der Waals surface area contributed by atoms with Crippen molar-refractivity contribution >= 4 is 0 Å². The molecule has 2 aliphatic carbocycles. The average molecular weight is 255 g/mol. The van der Waals surface area contributed by atoms with E-state index in [0.717, 1.165) is 18.9 Å². The molecule has 2 rings (SSSR count). The molecule has 0 heterocycles. The largest absolute Gasteiger partial charge is 0.391 e. The maximum Gasteiger partial charge on any atom is 0.0785 e. The lowest BCUT2D eigenvalue weighted by atomic mass is 9.68. The van der Waals surface area contributed by atoms with Crippen molar-refractivity contribution in [3.63, 3.8) is 0 Å². The monoisotopic (exact) mass is 255 g/mol. The minimum atomic E-state index is -0.336. The van der Waals surface area contributed by atoms with Crippen LogP contribution >= 0.6 is 0 Å². The van der Waals surface area contributed by atoms with E-state index < -0.39 is 0 Å². The van der Waals surface area contributed by atoms with E-state index in [2.05, 4.69) is 26.1 Å². The first kappa shape index (κ1) is 14.3. The van der Waals surface area contributed by atoms with Crippen LogP contribution in [0.15, 0.2) is 0 Å². The zero-order valence-electron chi connectivity index (χ0n) is 12.3. The molecule has 2 aliphatic rings. The Morgan fingerprint density at radius 3 is 2.67 bits per heavy atom. The van der Waals surface area contributed by atoms with E-state index in [-0.39, 0.29) is 6.10 Å². The first-order chi connectivity index (χ1) is 8.40. The van der Waals surface area contributed by atoms with Gasteiger partial charge in [-0.05, 0) is 49.0 Å². The van der Waals surface area contributed by atoms with Crippen molar-refractivity contribution in [3.05, 3.63) is 0 Å². The summed E-state index contributed by atoms with van der Waals surface area (Å²) in [4.78, 5) is 0. The Morgan fingerprint density at radius 2 is 2.11 bits per heavy atom. The number of nitrogens with one attached hydrogen (secondary N) is 1. The van der Waals surface area contributed by atoms with Crippen LogP contribution < -0.4 is 5.32 Å². The van der Waals surface area contributed by atoms with E-state index in [1.54, 1.807) is 7.11 Å². The topological polar surface area (TPSA) is 41.5 Å².